The highest BCUT2D eigenvalue weighted by atomic mass is 16.5. The monoisotopic (exact) mass is 399 g/mol. The average molecular weight is 400 g/mol. The summed E-state index contributed by atoms with van der Waals surface area (Å²) in [4.78, 5) is 4.75. The van der Waals surface area contributed by atoms with Gasteiger partial charge in [0.15, 0.2) is 5.96 Å². The molecule has 0 fully saturated rings. The minimum absolute atomic E-state index is 0.251. The largest absolute Gasteiger partial charge is 0.493 e. The number of benzene rings is 1. The molecule has 6 nitrogen and oxygen atoms in total. The number of nitrogens with zero attached hydrogens (tertiary/aromatic N) is 3. The Hall–Kier alpha value is -2.50. The number of aliphatic imine (C=N–C) groups is 1. The second-order valence-electron chi connectivity index (χ2n) is 8.07. The van der Waals surface area contributed by atoms with Gasteiger partial charge in [-0.3, -0.25) is 4.68 Å². The minimum Gasteiger partial charge on any atom is -0.493 e. The number of aryl methyl sites for hydroxylation is 2. The van der Waals surface area contributed by atoms with E-state index in [0.29, 0.717) is 12.5 Å². The van der Waals surface area contributed by atoms with Crippen LogP contribution in [-0.4, -0.2) is 34.9 Å². The van der Waals surface area contributed by atoms with Crippen LogP contribution in [0.25, 0.3) is 0 Å². The molecule has 0 bridgehead atoms. The van der Waals surface area contributed by atoms with Crippen molar-refractivity contribution in [2.75, 3.05) is 13.2 Å². The van der Waals surface area contributed by atoms with Gasteiger partial charge >= 0.3 is 0 Å². The topological polar surface area (TPSA) is 63.5 Å². The van der Waals surface area contributed by atoms with Crippen molar-refractivity contribution in [2.45, 2.75) is 60.5 Å². The number of aromatic nitrogens is 2. The zero-order valence-electron chi connectivity index (χ0n) is 19.0. The van der Waals surface area contributed by atoms with Gasteiger partial charge in [0.1, 0.15) is 5.75 Å². The highest BCUT2D eigenvalue weighted by molar-refractivity contribution is 5.80. The molecule has 1 heterocycles. The van der Waals surface area contributed by atoms with E-state index in [0.717, 1.165) is 42.5 Å². The summed E-state index contributed by atoms with van der Waals surface area (Å²) in [5.74, 6) is 2.26. The van der Waals surface area contributed by atoms with Crippen LogP contribution in [0.5, 0.6) is 5.75 Å². The number of hydrogen-bond donors (Lipinski definition) is 2. The Bertz CT molecular complexity index is 792. The molecule has 2 aromatic rings. The highest BCUT2D eigenvalue weighted by Crippen LogP contribution is 2.15. The van der Waals surface area contributed by atoms with Crippen LogP contribution >= 0.6 is 0 Å². The van der Waals surface area contributed by atoms with E-state index in [-0.39, 0.29) is 6.04 Å². The summed E-state index contributed by atoms with van der Waals surface area (Å²) >= 11 is 0. The molecule has 2 rings (SSSR count). The fourth-order valence-electron chi connectivity index (χ4n) is 3.15. The number of hydrogen-bond acceptors (Lipinski definition) is 3. The fourth-order valence-corrected chi connectivity index (χ4v) is 3.15. The Balaban J connectivity index is 1.96. The Labute approximate surface area is 175 Å². The van der Waals surface area contributed by atoms with Crippen molar-refractivity contribution >= 4 is 5.96 Å². The molecule has 0 aliphatic heterocycles. The molecule has 29 heavy (non-hydrogen) atoms. The third-order valence-electron chi connectivity index (χ3n) is 4.82. The van der Waals surface area contributed by atoms with Gasteiger partial charge in [-0.2, -0.15) is 5.10 Å². The first-order chi connectivity index (χ1) is 13.8. The van der Waals surface area contributed by atoms with Crippen molar-refractivity contribution in [3.05, 3.63) is 46.8 Å². The third-order valence-corrected chi connectivity index (χ3v) is 4.82. The first kappa shape index (κ1) is 22.8. The number of ether oxygens (including phenoxy) is 1. The lowest BCUT2D eigenvalue weighted by molar-refractivity contribution is 0.271. The Morgan fingerprint density at radius 1 is 1.17 bits per heavy atom. The lowest BCUT2D eigenvalue weighted by Crippen LogP contribution is -2.43. The zero-order valence-corrected chi connectivity index (χ0v) is 19.0. The number of nitrogens with one attached hydrogen (secondary N) is 2. The summed E-state index contributed by atoms with van der Waals surface area (Å²) in [6.45, 7) is 14.9. The van der Waals surface area contributed by atoms with E-state index in [9.17, 15) is 0 Å². The third kappa shape index (κ3) is 7.11. The molecule has 0 saturated heterocycles. The molecule has 0 amide bonds. The molecule has 1 atom stereocenters. The maximum absolute atomic E-state index is 5.75. The molecular formula is C23H37N5O. The minimum atomic E-state index is 0.251. The van der Waals surface area contributed by atoms with Crippen molar-refractivity contribution in [3.63, 3.8) is 0 Å². The molecule has 0 spiro atoms. The predicted octanol–water partition coefficient (Wildman–Crippen LogP) is 3.76. The first-order valence-electron chi connectivity index (χ1n) is 10.6. The molecular weight excluding hydrogens is 362 g/mol. The maximum Gasteiger partial charge on any atom is 0.191 e. The quantitative estimate of drug-likeness (QED) is 0.498. The van der Waals surface area contributed by atoms with Crippen LogP contribution in [-0.2, 0) is 20.0 Å². The number of rotatable bonds is 9. The average Bonchev–Trinajstić information content (AvgIpc) is 2.91. The van der Waals surface area contributed by atoms with E-state index in [4.69, 9.17) is 9.73 Å². The van der Waals surface area contributed by atoms with E-state index in [1.165, 1.54) is 11.3 Å². The van der Waals surface area contributed by atoms with E-state index in [2.05, 4.69) is 69.4 Å². The molecule has 0 aliphatic carbocycles. The molecule has 2 N–H and O–H groups in total. The van der Waals surface area contributed by atoms with Crippen LogP contribution in [0, 0.1) is 19.8 Å². The Morgan fingerprint density at radius 3 is 2.41 bits per heavy atom. The first-order valence-corrected chi connectivity index (χ1v) is 10.6. The fraction of sp³-hybridized carbons (Fsp3) is 0.565. The SMILES string of the molecule is CCNC(=NCc1ccc(OCC(C)C)cc1)NC(C)Cc1c(C)nn(C)c1C. The van der Waals surface area contributed by atoms with Crippen molar-refractivity contribution in [3.8, 4) is 5.75 Å². The molecule has 1 aromatic heterocycles. The zero-order chi connectivity index (χ0) is 21.4. The lowest BCUT2D eigenvalue weighted by Gasteiger charge is -2.18. The van der Waals surface area contributed by atoms with Crippen molar-refractivity contribution < 1.29 is 4.74 Å². The maximum atomic E-state index is 5.75. The number of guanidine groups is 1. The standard InChI is InChI=1S/C23H37N5O/c1-8-24-23(26-17(4)13-22-18(5)27-28(7)19(22)6)25-14-20-9-11-21(12-10-20)29-15-16(2)3/h9-12,16-17H,8,13-15H2,1-7H3,(H2,24,25,26). The summed E-state index contributed by atoms with van der Waals surface area (Å²) in [5.41, 5.74) is 4.78. The molecule has 160 valence electrons. The predicted molar refractivity (Wildman–Crippen MR) is 121 cm³/mol. The molecule has 0 aliphatic rings. The molecule has 0 radical (unpaired) electrons. The van der Waals surface area contributed by atoms with Gasteiger partial charge in [0.25, 0.3) is 0 Å². The van der Waals surface area contributed by atoms with Crippen LogP contribution < -0.4 is 15.4 Å². The Kier molecular flexibility index (Phi) is 8.55. The van der Waals surface area contributed by atoms with Gasteiger partial charge in [-0.05, 0) is 63.3 Å². The van der Waals surface area contributed by atoms with E-state index in [1.807, 2.05) is 23.9 Å². The van der Waals surface area contributed by atoms with E-state index < -0.39 is 0 Å². The van der Waals surface area contributed by atoms with Gasteiger partial charge in [0.05, 0.1) is 18.8 Å². The van der Waals surface area contributed by atoms with Gasteiger partial charge in [0.2, 0.25) is 0 Å². The van der Waals surface area contributed by atoms with Crippen molar-refractivity contribution in [2.24, 2.45) is 18.0 Å². The van der Waals surface area contributed by atoms with Gasteiger partial charge in [-0.1, -0.05) is 26.0 Å². The molecule has 1 unspecified atom stereocenters. The summed E-state index contributed by atoms with van der Waals surface area (Å²) in [6, 6.07) is 8.44. The lowest BCUT2D eigenvalue weighted by atomic mass is 10.1. The van der Waals surface area contributed by atoms with Gasteiger partial charge in [0, 0.05) is 25.3 Å². The highest BCUT2D eigenvalue weighted by Gasteiger charge is 2.14. The second kappa shape index (κ2) is 10.9. The second-order valence-corrected chi connectivity index (χ2v) is 8.07. The van der Waals surface area contributed by atoms with Crippen molar-refractivity contribution in [1.82, 2.24) is 20.4 Å². The van der Waals surface area contributed by atoms with Crippen LogP contribution in [0.1, 0.15) is 50.2 Å². The van der Waals surface area contributed by atoms with Gasteiger partial charge in [-0.25, -0.2) is 4.99 Å². The summed E-state index contributed by atoms with van der Waals surface area (Å²) in [6.07, 6.45) is 0.914. The smallest absolute Gasteiger partial charge is 0.191 e. The summed E-state index contributed by atoms with van der Waals surface area (Å²) in [7, 11) is 1.99. The molecule has 1 aromatic carbocycles. The van der Waals surface area contributed by atoms with Crippen LogP contribution in [0.2, 0.25) is 0 Å². The van der Waals surface area contributed by atoms with E-state index in [1.54, 1.807) is 0 Å². The molecule has 6 heteroatoms. The Morgan fingerprint density at radius 2 is 1.86 bits per heavy atom. The van der Waals surface area contributed by atoms with E-state index >= 15 is 0 Å². The van der Waals surface area contributed by atoms with Gasteiger partial charge in [-0.15, -0.1) is 0 Å². The van der Waals surface area contributed by atoms with Crippen LogP contribution in [0.15, 0.2) is 29.3 Å². The normalized spacial score (nSPS) is 12.9. The molecule has 0 saturated carbocycles. The van der Waals surface area contributed by atoms with Crippen LogP contribution in [0.4, 0.5) is 0 Å². The summed E-state index contributed by atoms with van der Waals surface area (Å²) < 4.78 is 7.70. The summed E-state index contributed by atoms with van der Waals surface area (Å²) in [5, 5.41) is 11.4. The van der Waals surface area contributed by atoms with Crippen molar-refractivity contribution in [1.29, 1.82) is 0 Å². The van der Waals surface area contributed by atoms with Crippen LogP contribution in [0.3, 0.4) is 0 Å². The van der Waals surface area contributed by atoms with Gasteiger partial charge < -0.3 is 15.4 Å².